The number of hydrogen-bond acceptors (Lipinski definition) is 2. The maximum Gasteiger partial charge on any atom is 0.302 e. The van der Waals surface area contributed by atoms with Gasteiger partial charge in [0.05, 0.1) is 0 Å². The van der Waals surface area contributed by atoms with E-state index in [1.165, 1.54) is 51.4 Å². The first-order chi connectivity index (χ1) is 12.4. The summed E-state index contributed by atoms with van der Waals surface area (Å²) in [5.74, 6) is 3.42. The van der Waals surface area contributed by atoms with Gasteiger partial charge in [-0.05, 0) is 98.7 Å². The second kappa shape index (κ2) is 6.67. The van der Waals surface area contributed by atoms with E-state index in [1.807, 2.05) is 0 Å². The van der Waals surface area contributed by atoms with Gasteiger partial charge in [0.1, 0.15) is 6.10 Å². The highest BCUT2D eigenvalue weighted by Crippen LogP contribution is 2.67. The van der Waals surface area contributed by atoms with Crippen LogP contribution in [0.25, 0.3) is 0 Å². The zero-order valence-corrected chi connectivity index (χ0v) is 17.4. The molecule has 4 saturated carbocycles. The lowest BCUT2D eigenvalue weighted by atomic mass is 9.45. The van der Waals surface area contributed by atoms with E-state index in [2.05, 4.69) is 26.8 Å². The molecule has 0 spiro atoms. The molecule has 2 heteroatoms. The Morgan fingerprint density at radius 2 is 1.92 bits per heavy atom. The molecule has 0 bridgehead atoms. The first kappa shape index (κ1) is 18.6. The van der Waals surface area contributed by atoms with Crippen LogP contribution in [-0.2, 0) is 9.53 Å². The molecule has 0 radical (unpaired) electrons. The van der Waals surface area contributed by atoms with Crippen LogP contribution in [0.3, 0.4) is 0 Å². The van der Waals surface area contributed by atoms with Crippen molar-refractivity contribution < 1.29 is 9.53 Å². The lowest BCUT2D eigenvalue weighted by Gasteiger charge is -2.60. The van der Waals surface area contributed by atoms with Crippen LogP contribution >= 0.6 is 0 Å². The molecule has 4 rings (SSSR count). The van der Waals surface area contributed by atoms with Gasteiger partial charge >= 0.3 is 5.97 Å². The molecular weight excluding hydrogens is 320 g/mol. The molecule has 146 valence electrons. The van der Waals surface area contributed by atoms with Crippen molar-refractivity contribution in [1.82, 2.24) is 0 Å². The van der Waals surface area contributed by atoms with Crippen molar-refractivity contribution in [2.24, 2.45) is 34.5 Å². The van der Waals surface area contributed by atoms with Gasteiger partial charge in [0.2, 0.25) is 0 Å². The zero-order valence-electron chi connectivity index (χ0n) is 17.4. The van der Waals surface area contributed by atoms with Gasteiger partial charge in [-0.1, -0.05) is 32.4 Å². The van der Waals surface area contributed by atoms with Crippen LogP contribution in [0, 0.1) is 34.5 Å². The molecule has 0 saturated heterocycles. The van der Waals surface area contributed by atoms with Crippen molar-refractivity contribution in [2.75, 3.05) is 0 Å². The minimum atomic E-state index is -0.0954. The maximum atomic E-state index is 11.4. The summed E-state index contributed by atoms with van der Waals surface area (Å²) in [7, 11) is 0. The molecule has 0 amide bonds. The van der Waals surface area contributed by atoms with Crippen LogP contribution in [-0.4, -0.2) is 12.1 Å². The molecule has 0 N–H and O–H groups in total. The van der Waals surface area contributed by atoms with E-state index in [4.69, 9.17) is 4.74 Å². The molecule has 7 atom stereocenters. The van der Waals surface area contributed by atoms with E-state index < -0.39 is 0 Å². The van der Waals surface area contributed by atoms with E-state index in [0.29, 0.717) is 10.8 Å². The lowest BCUT2D eigenvalue weighted by Crippen LogP contribution is -2.53. The van der Waals surface area contributed by atoms with E-state index in [-0.39, 0.29) is 12.1 Å². The average Bonchev–Trinajstić information content (AvgIpc) is 2.92. The molecule has 0 aromatic heterocycles. The zero-order chi connectivity index (χ0) is 18.5. The van der Waals surface area contributed by atoms with Gasteiger partial charge in [-0.25, -0.2) is 0 Å². The molecule has 26 heavy (non-hydrogen) atoms. The summed E-state index contributed by atoms with van der Waals surface area (Å²) >= 11 is 0. The van der Waals surface area contributed by atoms with Gasteiger partial charge in [-0.3, -0.25) is 4.79 Å². The Balaban J connectivity index is 1.54. The molecule has 0 aromatic carbocycles. The van der Waals surface area contributed by atoms with Crippen LogP contribution < -0.4 is 0 Å². The predicted molar refractivity (Wildman–Crippen MR) is 106 cm³/mol. The number of carbonyl (C=O) groups excluding carboxylic acids is 1. The maximum absolute atomic E-state index is 11.4. The number of carbonyl (C=O) groups is 1. The molecule has 0 heterocycles. The third-order valence-electron chi connectivity index (χ3n) is 9.25. The summed E-state index contributed by atoms with van der Waals surface area (Å²) in [4.78, 5) is 11.4. The fourth-order valence-electron chi connectivity index (χ4n) is 7.99. The van der Waals surface area contributed by atoms with Gasteiger partial charge in [0.15, 0.2) is 0 Å². The normalized spacial score (nSPS) is 49.2. The monoisotopic (exact) mass is 358 g/mol. The van der Waals surface area contributed by atoms with Crippen LogP contribution in [0.2, 0.25) is 0 Å². The fraction of sp³-hybridized carbons (Fsp3) is 0.875. The van der Waals surface area contributed by atoms with E-state index in [0.717, 1.165) is 36.5 Å². The summed E-state index contributed by atoms with van der Waals surface area (Å²) in [5, 5.41) is 0. The molecule has 4 fully saturated rings. The summed E-state index contributed by atoms with van der Waals surface area (Å²) in [6.45, 7) is 9.05. The van der Waals surface area contributed by atoms with Crippen molar-refractivity contribution in [1.29, 1.82) is 0 Å². The van der Waals surface area contributed by atoms with Gasteiger partial charge in [0, 0.05) is 6.92 Å². The Labute approximate surface area is 160 Å². The first-order valence-electron chi connectivity index (χ1n) is 11.2. The molecule has 0 aromatic rings. The third-order valence-corrected chi connectivity index (χ3v) is 9.25. The predicted octanol–water partition coefficient (Wildman–Crippen LogP) is 6.30. The molecule has 4 aliphatic rings. The van der Waals surface area contributed by atoms with Crippen molar-refractivity contribution in [3.05, 3.63) is 11.6 Å². The standard InChI is InChI=1S/C24H38O2/c1-5-6-17-8-10-21-20-9-7-18-15-19(26-16(2)25)11-13-24(18,4)22(20)12-14-23(17,21)3/h6,18-22H,5,7-15H2,1-4H3/b17-6+/t18-,19-,20-,21-,22-,23+,24-/m0/s1. The number of fused-ring (bicyclic) bond motifs is 5. The Bertz CT molecular complexity index is 593. The number of ether oxygens (including phenoxy) is 1. The van der Waals surface area contributed by atoms with Crippen molar-refractivity contribution in [3.8, 4) is 0 Å². The third kappa shape index (κ3) is 2.78. The Kier molecular flexibility index (Phi) is 4.77. The van der Waals surface area contributed by atoms with Crippen LogP contribution in [0.4, 0.5) is 0 Å². The molecule has 4 aliphatic carbocycles. The Hall–Kier alpha value is -0.790. The van der Waals surface area contributed by atoms with Crippen molar-refractivity contribution >= 4 is 5.97 Å². The number of esters is 1. The number of rotatable bonds is 2. The van der Waals surface area contributed by atoms with Crippen LogP contribution in [0.5, 0.6) is 0 Å². The van der Waals surface area contributed by atoms with Crippen LogP contribution in [0.1, 0.15) is 91.9 Å². The smallest absolute Gasteiger partial charge is 0.302 e. The second-order valence-electron chi connectivity index (χ2n) is 10.3. The quantitative estimate of drug-likeness (QED) is 0.428. The van der Waals surface area contributed by atoms with Crippen molar-refractivity contribution in [3.63, 3.8) is 0 Å². The Morgan fingerprint density at radius 3 is 2.65 bits per heavy atom. The Morgan fingerprint density at radius 1 is 1.12 bits per heavy atom. The summed E-state index contributed by atoms with van der Waals surface area (Å²) in [5.41, 5.74) is 2.77. The lowest BCUT2D eigenvalue weighted by molar-refractivity contribution is -0.158. The molecular formula is C24H38O2. The largest absolute Gasteiger partial charge is 0.463 e. The van der Waals surface area contributed by atoms with Crippen molar-refractivity contribution in [2.45, 2.75) is 98.0 Å². The van der Waals surface area contributed by atoms with Gasteiger partial charge in [0.25, 0.3) is 0 Å². The minimum Gasteiger partial charge on any atom is -0.463 e. The summed E-state index contributed by atoms with van der Waals surface area (Å²) in [6.07, 6.45) is 15.8. The highest BCUT2D eigenvalue weighted by molar-refractivity contribution is 5.66. The number of allylic oxidation sites excluding steroid dienone is 2. The van der Waals surface area contributed by atoms with E-state index >= 15 is 0 Å². The van der Waals surface area contributed by atoms with E-state index in [9.17, 15) is 4.79 Å². The fourth-order valence-corrected chi connectivity index (χ4v) is 7.99. The van der Waals surface area contributed by atoms with Crippen LogP contribution in [0.15, 0.2) is 11.6 Å². The van der Waals surface area contributed by atoms with Gasteiger partial charge in [-0.15, -0.1) is 0 Å². The van der Waals surface area contributed by atoms with Gasteiger partial charge < -0.3 is 4.74 Å². The summed E-state index contributed by atoms with van der Waals surface area (Å²) < 4.78 is 5.60. The highest BCUT2D eigenvalue weighted by atomic mass is 16.5. The van der Waals surface area contributed by atoms with Gasteiger partial charge in [-0.2, -0.15) is 0 Å². The van der Waals surface area contributed by atoms with E-state index in [1.54, 1.807) is 12.5 Å². The first-order valence-corrected chi connectivity index (χ1v) is 11.2. The highest BCUT2D eigenvalue weighted by Gasteiger charge is 2.59. The second-order valence-corrected chi connectivity index (χ2v) is 10.3. The summed E-state index contributed by atoms with van der Waals surface area (Å²) in [6, 6.07) is 0. The molecule has 2 nitrogen and oxygen atoms in total. The molecule has 0 unspecified atom stereocenters. The minimum absolute atomic E-state index is 0.0954. The number of hydrogen-bond donors (Lipinski definition) is 0. The topological polar surface area (TPSA) is 26.3 Å². The molecule has 0 aliphatic heterocycles. The average molecular weight is 359 g/mol. The SMILES string of the molecule is CC/C=C1\CC[C@H]2[C@@H]3CC[C@H]4C[C@@H](OC(C)=O)CC[C@]4(C)[C@H]3CC[C@]12C.